The molecule has 0 fully saturated rings. The van der Waals surface area contributed by atoms with Crippen LogP contribution in [0.2, 0.25) is 0 Å². The molecular formula is C22H28FNO3S. The van der Waals surface area contributed by atoms with Gasteiger partial charge in [0, 0.05) is 10.6 Å². The van der Waals surface area contributed by atoms with Crippen molar-refractivity contribution in [2.45, 2.75) is 37.0 Å². The van der Waals surface area contributed by atoms with Crippen molar-refractivity contribution >= 4 is 17.9 Å². The number of alkyl halides is 1. The smallest absolute Gasteiger partial charge is 0.410 e. The van der Waals surface area contributed by atoms with E-state index in [2.05, 4.69) is 12.1 Å². The number of ether oxygens (including phenoxy) is 2. The molecular weight excluding hydrogens is 377 g/mol. The largest absolute Gasteiger partial charge is 0.492 e. The van der Waals surface area contributed by atoms with Crippen LogP contribution in [0, 0.1) is 0 Å². The normalized spacial score (nSPS) is 11.1. The lowest BCUT2D eigenvalue weighted by Gasteiger charge is -2.26. The van der Waals surface area contributed by atoms with Crippen molar-refractivity contribution in [3.63, 3.8) is 0 Å². The molecule has 2 aromatic rings. The SMILES string of the molecule is CC(C)(C)OC(=O)N(CCF)CCOc1cccc(SCc2ccccc2)c1. The summed E-state index contributed by atoms with van der Waals surface area (Å²) < 4.78 is 23.9. The third kappa shape index (κ3) is 8.21. The van der Waals surface area contributed by atoms with E-state index >= 15 is 0 Å². The Balaban J connectivity index is 1.84. The van der Waals surface area contributed by atoms with Crippen LogP contribution in [0.25, 0.3) is 0 Å². The standard InChI is InChI=1S/C22H28FNO3S/c1-22(2,3)27-21(25)24(13-12-23)14-15-26-19-10-7-11-20(16-19)28-17-18-8-5-4-6-9-18/h4-11,16H,12-15,17H2,1-3H3. The Kier molecular flexibility index (Phi) is 8.64. The van der Waals surface area contributed by atoms with Crippen LogP contribution in [0.5, 0.6) is 5.75 Å². The third-order valence-corrected chi connectivity index (χ3v) is 4.75. The summed E-state index contributed by atoms with van der Waals surface area (Å²) in [6.07, 6.45) is -0.527. The Labute approximate surface area is 171 Å². The molecule has 1 amide bonds. The molecule has 0 N–H and O–H groups in total. The third-order valence-electron chi connectivity index (χ3n) is 3.69. The van der Waals surface area contributed by atoms with Gasteiger partial charge in [-0.25, -0.2) is 9.18 Å². The summed E-state index contributed by atoms with van der Waals surface area (Å²) in [5.74, 6) is 1.61. The van der Waals surface area contributed by atoms with Crippen LogP contribution >= 0.6 is 11.8 Å². The fourth-order valence-electron chi connectivity index (χ4n) is 2.39. The number of carbonyl (C=O) groups is 1. The molecule has 0 aromatic heterocycles. The molecule has 0 saturated carbocycles. The first-order valence-electron chi connectivity index (χ1n) is 9.31. The van der Waals surface area contributed by atoms with Gasteiger partial charge in [-0.2, -0.15) is 0 Å². The van der Waals surface area contributed by atoms with Crippen LogP contribution in [-0.4, -0.2) is 43.0 Å². The van der Waals surface area contributed by atoms with Gasteiger partial charge in [-0.15, -0.1) is 11.8 Å². The van der Waals surface area contributed by atoms with E-state index in [1.54, 1.807) is 32.5 Å². The van der Waals surface area contributed by atoms with Gasteiger partial charge in [0.25, 0.3) is 0 Å². The number of carbonyl (C=O) groups excluding carboxylic acids is 1. The molecule has 0 aliphatic rings. The van der Waals surface area contributed by atoms with E-state index in [1.807, 2.05) is 42.5 Å². The van der Waals surface area contributed by atoms with E-state index in [-0.39, 0.29) is 19.7 Å². The number of thioether (sulfide) groups is 1. The van der Waals surface area contributed by atoms with Crippen LogP contribution in [0.3, 0.4) is 0 Å². The van der Waals surface area contributed by atoms with Crippen LogP contribution in [-0.2, 0) is 10.5 Å². The van der Waals surface area contributed by atoms with Crippen molar-refractivity contribution in [3.8, 4) is 5.75 Å². The highest BCUT2D eigenvalue weighted by molar-refractivity contribution is 7.98. The molecule has 28 heavy (non-hydrogen) atoms. The number of nitrogens with zero attached hydrogens (tertiary/aromatic N) is 1. The monoisotopic (exact) mass is 405 g/mol. The number of hydrogen-bond acceptors (Lipinski definition) is 4. The van der Waals surface area contributed by atoms with Crippen LogP contribution in [0.1, 0.15) is 26.3 Å². The number of hydrogen-bond donors (Lipinski definition) is 0. The van der Waals surface area contributed by atoms with E-state index in [9.17, 15) is 9.18 Å². The van der Waals surface area contributed by atoms with E-state index in [1.165, 1.54) is 10.5 Å². The number of benzene rings is 2. The average molecular weight is 406 g/mol. The van der Waals surface area contributed by atoms with E-state index in [4.69, 9.17) is 9.47 Å². The molecule has 0 atom stereocenters. The highest BCUT2D eigenvalue weighted by Crippen LogP contribution is 2.26. The van der Waals surface area contributed by atoms with Crippen molar-refractivity contribution in [1.29, 1.82) is 0 Å². The second-order valence-corrected chi connectivity index (χ2v) is 8.30. The van der Waals surface area contributed by atoms with E-state index in [0.717, 1.165) is 16.4 Å². The summed E-state index contributed by atoms with van der Waals surface area (Å²) in [6, 6.07) is 18.1. The summed E-state index contributed by atoms with van der Waals surface area (Å²) in [5.41, 5.74) is 0.648. The first-order chi connectivity index (χ1) is 13.4. The molecule has 0 radical (unpaired) electrons. The van der Waals surface area contributed by atoms with Crippen molar-refractivity contribution in [2.75, 3.05) is 26.4 Å². The Hall–Kier alpha value is -2.21. The summed E-state index contributed by atoms with van der Waals surface area (Å²) in [7, 11) is 0. The highest BCUT2D eigenvalue weighted by Gasteiger charge is 2.21. The molecule has 6 heteroatoms. The van der Waals surface area contributed by atoms with Crippen LogP contribution < -0.4 is 4.74 Å². The molecule has 0 aliphatic carbocycles. The number of halogens is 1. The lowest BCUT2D eigenvalue weighted by atomic mass is 10.2. The minimum absolute atomic E-state index is 0.00869. The minimum atomic E-state index is -0.620. The molecule has 0 saturated heterocycles. The number of amides is 1. The van der Waals surface area contributed by atoms with Gasteiger partial charge in [0.2, 0.25) is 0 Å². The van der Waals surface area contributed by atoms with Gasteiger partial charge in [0.05, 0.1) is 13.1 Å². The van der Waals surface area contributed by atoms with Gasteiger partial charge in [0.1, 0.15) is 24.6 Å². The lowest BCUT2D eigenvalue weighted by molar-refractivity contribution is 0.0215. The lowest BCUT2D eigenvalue weighted by Crippen LogP contribution is -2.40. The van der Waals surface area contributed by atoms with E-state index in [0.29, 0.717) is 0 Å². The predicted molar refractivity (Wildman–Crippen MR) is 112 cm³/mol. The quantitative estimate of drug-likeness (QED) is 0.512. The Bertz CT molecular complexity index is 734. The van der Waals surface area contributed by atoms with Gasteiger partial charge in [-0.1, -0.05) is 36.4 Å². The molecule has 0 heterocycles. The highest BCUT2D eigenvalue weighted by atomic mass is 32.2. The summed E-state index contributed by atoms with van der Waals surface area (Å²) in [4.78, 5) is 14.6. The van der Waals surface area contributed by atoms with Crippen molar-refractivity contribution in [3.05, 3.63) is 60.2 Å². The average Bonchev–Trinajstić information content (AvgIpc) is 2.65. The first-order valence-corrected chi connectivity index (χ1v) is 10.3. The molecule has 2 rings (SSSR count). The zero-order valence-electron chi connectivity index (χ0n) is 16.7. The molecule has 152 valence electrons. The van der Waals surface area contributed by atoms with Gasteiger partial charge in [-0.05, 0) is 44.5 Å². The predicted octanol–water partition coefficient (Wildman–Crippen LogP) is 5.56. The second kappa shape index (κ2) is 11.0. The Morgan fingerprint density at radius 2 is 1.82 bits per heavy atom. The fourth-order valence-corrected chi connectivity index (χ4v) is 3.29. The maximum Gasteiger partial charge on any atom is 0.410 e. The van der Waals surface area contributed by atoms with Crippen molar-refractivity contribution in [1.82, 2.24) is 4.90 Å². The van der Waals surface area contributed by atoms with Gasteiger partial charge < -0.3 is 14.4 Å². The molecule has 0 unspecified atom stereocenters. The zero-order chi connectivity index (χ0) is 20.4. The molecule has 0 aliphatic heterocycles. The van der Waals surface area contributed by atoms with Gasteiger partial charge >= 0.3 is 6.09 Å². The molecule has 0 spiro atoms. The molecule has 0 bridgehead atoms. The van der Waals surface area contributed by atoms with Crippen LogP contribution in [0.15, 0.2) is 59.5 Å². The summed E-state index contributed by atoms with van der Waals surface area (Å²) in [5, 5.41) is 0. The zero-order valence-corrected chi connectivity index (χ0v) is 17.5. The summed E-state index contributed by atoms with van der Waals surface area (Å²) >= 11 is 1.73. The van der Waals surface area contributed by atoms with Crippen molar-refractivity contribution in [2.24, 2.45) is 0 Å². The molecule has 4 nitrogen and oxygen atoms in total. The topological polar surface area (TPSA) is 38.8 Å². The molecule has 2 aromatic carbocycles. The summed E-state index contributed by atoms with van der Waals surface area (Å²) in [6.45, 7) is 5.26. The maximum atomic E-state index is 12.8. The fraction of sp³-hybridized carbons (Fsp3) is 0.409. The maximum absolute atomic E-state index is 12.8. The number of rotatable bonds is 9. The Morgan fingerprint density at radius 1 is 1.07 bits per heavy atom. The second-order valence-electron chi connectivity index (χ2n) is 7.25. The first kappa shape index (κ1) is 22.1. The van der Waals surface area contributed by atoms with E-state index < -0.39 is 18.4 Å². The van der Waals surface area contributed by atoms with Crippen LogP contribution in [0.4, 0.5) is 9.18 Å². The van der Waals surface area contributed by atoms with Gasteiger partial charge in [-0.3, -0.25) is 0 Å². The minimum Gasteiger partial charge on any atom is -0.492 e. The van der Waals surface area contributed by atoms with Crippen molar-refractivity contribution < 1.29 is 18.7 Å². The Morgan fingerprint density at radius 3 is 2.50 bits per heavy atom. The van der Waals surface area contributed by atoms with Gasteiger partial charge in [0.15, 0.2) is 0 Å².